The van der Waals surface area contributed by atoms with Crippen molar-refractivity contribution in [2.75, 3.05) is 0 Å². The number of non-ortho nitro benzene ring substituents is 3. The van der Waals surface area contributed by atoms with E-state index >= 15 is 0 Å². The number of nitrogens with zero attached hydrogens (tertiary/aromatic N) is 4. The Labute approximate surface area is 209 Å². The highest BCUT2D eigenvalue weighted by Gasteiger charge is 2.21. The lowest BCUT2D eigenvalue weighted by atomic mass is 9.90. The Kier molecular flexibility index (Phi) is 5.63. The SMILES string of the molecule is CCn1c2ccc(-c3c(C)[c]ccc3-c3cc([N+](=O)[O-])cc([N+](=O)[O-])c3)cc2c2cc([N+](=O)[O-])ccc21. The van der Waals surface area contributed by atoms with E-state index in [-0.39, 0.29) is 17.1 Å². The first kappa shape index (κ1) is 23.6. The summed E-state index contributed by atoms with van der Waals surface area (Å²) in [5.74, 6) is 0. The fourth-order valence-electron chi connectivity index (χ4n) is 4.88. The molecule has 4 aromatic carbocycles. The summed E-state index contributed by atoms with van der Waals surface area (Å²) in [5, 5.41) is 36.0. The zero-order chi connectivity index (χ0) is 26.4. The minimum Gasteiger partial charge on any atom is -0.341 e. The van der Waals surface area contributed by atoms with Crippen LogP contribution in [0.4, 0.5) is 17.1 Å². The van der Waals surface area contributed by atoms with Gasteiger partial charge < -0.3 is 4.57 Å². The van der Waals surface area contributed by atoms with Crippen molar-refractivity contribution in [2.45, 2.75) is 20.4 Å². The minimum atomic E-state index is -0.656. The van der Waals surface area contributed by atoms with Crippen LogP contribution in [0.1, 0.15) is 12.5 Å². The third kappa shape index (κ3) is 3.94. The van der Waals surface area contributed by atoms with E-state index in [9.17, 15) is 30.3 Å². The Balaban J connectivity index is 1.80. The lowest BCUT2D eigenvalue weighted by Crippen LogP contribution is -1.96. The average molecular weight is 495 g/mol. The molecule has 183 valence electrons. The van der Waals surface area contributed by atoms with Crippen LogP contribution >= 0.6 is 0 Å². The highest BCUT2D eigenvalue weighted by atomic mass is 16.6. The van der Waals surface area contributed by atoms with Gasteiger partial charge in [-0.2, -0.15) is 0 Å². The molecular weight excluding hydrogens is 476 g/mol. The van der Waals surface area contributed by atoms with Gasteiger partial charge in [-0.05, 0) is 65.9 Å². The molecule has 0 aliphatic carbocycles. The highest BCUT2D eigenvalue weighted by molar-refractivity contribution is 6.10. The Bertz CT molecular complexity index is 1740. The van der Waals surface area contributed by atoms with Crippen molar-refractivity contribution in [3.05, 3.63) is 109 Å². The summed E-state index contributed by atoms with van der Waals surface area (Å²) < 4.78 is 2.08. The second-order valence-electron chi connectivity index (χ2n) is 8.58. The Hall–Kier alpha value is -5.12. The summed E-state index contributed by atoms with van der Waals surface area (Å²) in [6.07, 6.45) is 0. The van der Waals surface area contributed by atoms with Gasteiger partial charge in [-0.15, -0.1) is 0 Å². The number of rotatable bonds is 6. The Morgan fingerprint density at radius 2 is 1.32 bits per heavy atom. The fraction of sp³-hybridized carbons (Fsp3) is 0.111. The van der Waals surface area contributed by atoms with Crippen molar-refractivity contribution < 1.29 is 14.8 Å². The van der Waals surface area contributed by atoms with Gasteiger partial charge in [0.25, 0.3) is 17.1 Å². The number of nitro groups is 3. The van der Waals surface area contributed by atoms with Crippen LogP contribution in [-0.4, -0.2) is 19.3 Å². The van der Waals surface area contributed by atoms with Gasteiger partial charge in [-0.25, -0.2) is 0 Å². The molecule has 10 nitrogen and oxygen atoms in total. The maximum atomic E-state index is 11.5. The van der Waals surface area contributed by atoms with Crippen molar-refractivity contribution in [3.8, 4) is 22.3 Å². The van der Waals surface area contributed by atoms with Gasteiger partial charge >= 0.3 is 0 Å². The summed E-state index contributed by atoms with van der Waals surface area (Å²) >= 11 is 0. The van der Waals surface area contributed by atoms with E-state index < -0.39 is 14.8 Å². The highest BCUT2D eigenvalue weighted by Crippen LogP contribution is 2.40. The van der Waals surface area contributed by atoms with Gasteiger partial charge in [0.15, 0.2) is 0 Å². The molecule has 0 amide bonds. The maximum Gasteiger partial charge on any atom is 0.276 e. The molecule has 0 spiro atoms. The molecule has 0 saturated carbocycles. The summed E-state index contributed by atoms with van der Waals surface area (Å²) in [6, 6.07) is 20.7. The van der Waals surface area contributed by atoms with Crippen molar-refractivity contribution in [1.29, 1.82) is 0 Å². The molecular formula is C27H19N4O6. The van der Waals surface area contributed by atoms with Gasteiger partial charge in [0.1, 0.15) is 0 Å². The predicted molar refractivity (Wildman–Crippen MR) is 140 cm³/mol. The Morgan fingerprint density at radius 1 is 0.730 bits per heavy atom. The molecule has 10 heteroatoms. The number of aryl methyl sites for hydroxylation is 2. The maximum absolute atomic E-state index is 11.5. The number of hydrogen-bond acceptors (Lipinski definition) is 6. The van der Waals surface area contributed by atoms with Crippen molar-refractivity contribution in [1.82, 2.24) is 4.57 Å². The van der Waals surface area contributed by atoms with E-state index in [2.05, 4.69) is 10.6 Å². The van der Waals surface area contributed by atoms with Crippen molar-refractivity contribution in [3.63, 3.8) is 0 Å². The van der Waals surface area contributed by atoms with E-state index in [1.165, 1.54) is 18.2 Å². The normalized spacial score (nSPS) is 11.2. The lowest BCUT2D eigenvalue weighted by Gasteiger charge is -2.14. The van der Waals surface area contributed by atoms with E-state index in [0.717, 1.165) is 39.0 Å². The third-order valence-electron chi connectivity index (χ3n) is 6.49. The van der Waals surface area contributed by atoms with E-state index in [1.807, 2.05) is 32.0 Å². The summed E-state index contributed by atoms with van der Waals surface area (Å²) in [6.45, 7) is 4.50. The molecule has 1 radical (unpaired) electrons. The molecule has 37 heavy (non-hydrogen) atoms. The van der Waals surface area contributed by atoms with Gasteiger partial charge in [-0.1, -0.05) is 18.2 Å². The standard InChI is InChI=1S/C27H19N4O6/c1-3-28-25-9-7-17(13-23(25)24-15-19(29(32)33)8-10-26(24)28)27-16(2)5-4-6-22(27)18-11-20(30(34)35)14-21(12-18)31(36)37/h4,6-15H,3H2,1-2H3. The van der Waals surface area contributed by atoms with Crippen LogP contribution in [0.15, 0.2) is 66.7 Å². The molecule has 0 bridgehead atoms. The number of nitro benzene ring substituents is 3. The predicted octanol–water partition coefficient (Wildman–Crippen LogP) is 6.98. The number of fused-ring (bicyclic) bond motifs is 3. The second kappa shape index (κ2) is 8.83. The lowest BCUT2D eigenvalue weighted by molar-refractivity contribution is -0.394. The largest absolute Gasteiger partial charge is 0.341 e. The number of hydrogen-bond donors (Lipinski definition) is 0. The van der Waals surface area contributed by atoms with Crippen molar-refractivity contribution >= 4 is 38.9 Å². The monoisotopic (exact) mass is 495 g/mol. The van der Waals surface area contributed by atoms with Gasteiger partial charge in [0.2, 0.25) is 0 Å². The smallest absolute Gasteiger partial charge is 0.276 e. The van der Waals surface area contributed by atoms with Crippen LogP contribution in [0, 0.1) is 43.3 Å². The summed E-state index contributed by atoms with van der Waals surface area (Å²) in [7, 11) is 0. The van der Waals surface area contributed by atoms with E-state index in [1.54, 1.807) is 24.3 Å². The van der Waals surface area contributed by atoms with Crippen LogP contribution in [0.25, 0.3) is 44.1 Å². The first-order valence-electron chi connectivity index (χ1n) is 11.4. The van der Waals surface area contributed by atoms with Gasteiger partial charge in [-0.3, -0.25) is 30.3 Å². The molecule has 0 unspecified atom stereocenters. The molecule has 0 N–H and O–H groups in total. The quantitative estimate of drug-likeness (QED) is 0.184. The molecule has 0 aliphatic rings. The van der Waals surface area contributed by atoms with Crippen LogP contribution in [-0.2, 0) is 6.54 Å². The van der Waals surface area contributed by atoms with Crippen LogP contribution in [0.5, 0.6) is 0 Å². The van der Waals surface area contributed by atoms with Crippen LogP contribution in [0.3, 0.4) is 0 Å². The second-order valence-corrected chi connectivity index (χ2v) is 8.58. The molecule has 0 fully saturated rings. The van der Waals surface area contributed by atoms with Gasteiger partial charge in [0.05, 0.1) is 20.8 Å². The number of aromatic nitrogens is 1. The fourth-order valence-corrected chi connectivity index (χ4v) is 4.88. The first-order valence-corrected chi connectivity index (χ1v) is 11.4. The minimum absolute atomic E-state index is 0.0122. The van der Waals surface area contributed by atoms with E-state index in [0.29, 0.717) is 23.2 Å². The van der Waals surface area contributed by atoms with Crippen LogP contribution < -0.4 is 0 Å². The van der Waals surface area contributed by atoms with Crippen LogP contribution in [0.2, 0.25) is 0 Å². The van der Waals surface area contributed by atoms with Crippen molar-refractivity contribution in [2.24, 2.45) is 0 Å². The molecule has 0 saturated heterocycles. The third-order valence-corrected chi connectivity index (χ3v) is 6.49. The summed E-state index contributed by atoms with van der Waals surface area (Å²) in [5.41, 5.74) is 4.13. The molecule has 0 aliphatic heterocycles. The summed E-state index contributed by atoms with van der Waals surface area (Å²) in [4.78, 5) is 32.7. The first-order chi connectivity index (χ1) is 17.7. The zero-order valence-electron chi connectivity index (χ0n) is 19.8. The average Bonchev–Trinajstić information content (AvgIpc) is 3.20. The van der Waals surface area contributed by atoms with E-state index in [4.69, 9.17) is 0 Å². The molecule has 5 rings (SSSR count). The topological polar surface area (TPSA) is 134 Å². The zero-order valence-corrected chi connectivity index (χ0v) is 19.8. The number of benzene rings is 4. The molecule has 1 aromatic heterocycles. The molecule has 0 atom stereocenters. The molecule has 5 aromatic rings. The molecule has 1 heterocycles. The Morgan fingerprint density at radius 3 is 1.92 bits per heavy atom. The van der Waals surface area contributed by atoms with Gasteiger partial charge in [0, 0.05) is 52.6 Å².